The smallest absolute Gasteiger partial charge is 0.265 e. The Kier molecular flexibility index (Phi) is 5.43. The first kappa shape index (κ1) is 15.9. The molecule has 2 aromatic carbocycles. The number of hydrogen-bond acceptors (Lipinski definition) is 3. The van der Waals surface area contributed by atoms with E-state index in [1.807, 2.05) is 0 Å². The van der Waals surface area contributed by atoms with Crippen molar-refractivity contribution in [1.82, 2.24) is 0 Å². The summed E-state index contributed by atoms with van der Waals surface area (Å²) in [7, 11) is 0. The lowest BCUT2D eigenvalue weighted by molar-refractivity contribution is -0.120. The number of halogens is 3. The Morgan fingerprint density at radius 1 is 1.23 bits per heavy atom. The number of rotatable bonds is 5. The van der Waals surface area contributed by atoms with Crippen LogP contribution in [0.15, 0.2) is 47.6 Å². The van der Waals surface area contributed by atoms with Gasteiger partial charge in [0.1, 0.15) is 11.6 Å². The second-order valence-electron chi connectivity index (χ2n) is 4.20. The summed E-state index contributed by atoms with van der Waals surface area (Å²) in [4.78, 5) is 16.3. The van der Waals surface area contributed by atoms with Gasteiger partial charge in [-0.3, -0.25) is 4.79 Å². The van der Waals surface area contributed by atoms with Crippen LogP contribution in [0, 0.1) is 11.6 Å². The van der Waals surface area contributed by atoms with E-state index >= 15 is 0 Å². The molecule has 0 aromatic heterocycles. The summed E-state index contributed by atoms with van der Waals surface area (Å²) in [6, 6.07) is 9.81. The number of benzene rings is 2. The van der Waals surface area contributed by atoms with Crippen LogP contribution in [0.5, 0.6) is 0 Å². The van der Waals surface area contributed by atoms with E-state index in [-0.39, 0.29) is 16.3 Å². The predicted octanol–water partition coefficient (Wildman–Crippen LogP) is 3.61. The van der Waals surface area contributed by atoms with E-state index in [1.165, 1.54) is 24.3 Å². The van der Waals surface area contributed by atoms with Gasteiger partial charge in [0.25, 0.3) is 5.91 Å². The topological polar surface area (TPSA) is 50.7 Å². The zero-order valence-electron chi connectivity index (χ0n) is 11.2. The van der Waals surface area contributed by atoms with Crippen LogP contribution in [-0.4, -0.2) is 18.7 Å². The maximum absolute atomic E-state index is 13.5. The van der Waals surface area contributed by atoms with Gasteiger partial charge in [-0.05, 0) is 24.3 Å². The summed E-state index contributed by atoms with van der Waals surface area (Å²) in [5.74, 6) is -1.72. The molecule has 0 aliphatic carbocycles. The summed E-state index contributed by atoms with van der Waals surface area (Å²) < 4.78 is 26.7. The van der Waals surface area contributed by atoms with Gasteiger partial charge in [-0.1, -0.05) is 35.0 Å². The summed E-state index contributed by atoms with van der Waals surface area (Å²) in [6.07, 6.45) is 1.14. The highest BCUT2D eigenvalue weighted by molar-refractivity contribution is 6.30. The number of hydrogen-bond donors (Lipinski definition) is 1. The summed E-state index contributed by atoms with van der Waals surface area (Å²) >= 11 is 5.60. The van der Waals surface area contributed by atoms with Gasteiger partial charge in [0.15, 0.2) is 6.61 Å². The predicted molar refractivity (Wildman–Crippen MR) is 80.0 cm³/mol. The number of anilines is 1. The molecule has 0 fully saturated rings. The number of carbonyl (C=O) groups excluding carboxylic acids is 1. The normalized spacial score (nSPS) is 10.7. The van der Waals surface area contributed by atoms with Gasteiger partial charge in [-0.25, -0.2) is 8.78 Å². The lowest BCUT2D eigenvalue weighted by Gasteiger charge is -2.05. The average Bonchev–Trinajstić information content (AvgIpc) is 2.48. The summed E-state index contributed by atoms with van der Waals surface area (Å²) in [5.41, 5.74) is 0.211. The first-order valence-electron chi connectivity index (χ1n) is 6.21. The Bertz CT molecular complexity index is 708. The second-order valence-corrected chi connectivity index (χ2v) is 4.64. The van der Waals surface area contributed by atoms with Crippen LogP contribution >= 0.6 is 11.6 Å². The third kappa shape index (κ3) is 4.53. The first-order chi connectivity index (χ1) is 10.6. The SMILES string of the molecule is O=C(CO/N=C\c1ccccc1F)Nc1ccc(Cl)cc1F. The van der Waals surface area contributed by atoms with E-state index in [0.717, 1.165) is 12.3 Å². The van der Waals surface area contributed by atoms with Crippen LogP contribution in [0.25, 0.3) is 0 Å². The standard InChI is InChI=1S/C15H11ClF2N2O2/c16-11-5-6-14(13(18)7-11)20-15(21)9-22-19-8-10-3-1-2-4-12(10)17/h1-8H,9H2,(H,20,21)/b19-8-. The second kappa shape index (κ2) is 7.51. The van der Waals surface area contributed by atoms with E-state index in [0.29, 0.717) is 0 Å². The molecule has 0 aliphatic heterocycles. The molecule has 1 amide bonds. The molecule has 0 spiro atoms. The number of nitrogens with zero attached hydrogens (tertiary/aromatic N) is 1. The minimum atomic E-state index is -0.657. The third-order valence-electron chi connectivity index (χ3n) is 2.57. The highest BCUT2D eigenvalue weighted by Gasteiger charge is 2.07. The van der Waals surface area contributed by atoms with Crippen LogP contribution in [0.2, 0.25) is 5.02 Å². The number of amides is 1. The molecule has 0 heterocycles. The summed E-state index contributed by atoms with van der Waals surface area (Å²) in [5, 5.41) is 6.01. The molecule has 2 rings (SSSR count). The molecule has 0 saturated carbocycles. The molecule has 2 aromatic rings. The van der Waals surface area contributed by atoms with Crippen LogP contribution in [0.3, 0.4) is 0 Å². The van der Waals surface area contributed by atoms with E-state index in [1.54, 1.807) is 12.1 Å². The molecule has 1 N–H and O–H groups in total. The molecule has 22 heavy (non-hydrogen) atoms. The van der Waals surface area contributed by atoms with Crippen molar-refractivity contribution in [3.05, 3.63) is 64.7 Å². The average molecular weight is 325 g/mol. The van der Waals surface area contributed by atoms with Crippen LogP contribution in [0.4, 0.5) is 14.5 Å². The molecule has 0 radical (unpaired) electrons. The highest BCUT2D eigenvalue weighted by atomic mass is 35.5. The van der Waals surface area contributed by atoms with Gasteiger partial charge in [0, 0.05) is 10.6 Å². The van der Waals surface area contributed by atoms with Crippen molar-refractivity contribution in [1.29, 1.82) is 0 Å². The molecule has 0 unspecified atom stereocenters. The molecule has 0 bridgehead atoms. The molecule has 4 nitrogen and oxygen atoms in total. The zero-order chi connectivity index (χ0) is 15.9. The van der Waals surface area contributed by atoms with Crippen LogP contribution in [-0.2, 0) is 9.63 Å². The molecule has 0 aliphatic rings. The Morgan fingerprint density at radius 2 is 2.00 bits per heavy atom. The van der Waals surface area contributed by atoms with Crippen molar-refractivity contribution in [3.8, 4) is 0 Å². The summed E-state index contributed by atoms with van der Waals surface area (Å²) in [6.45, 7) is -0.437. The maximum atomic E-state index is 13.5. The van der Waals surface area contributed by atoms with Gasteiger partial charge >= 0.3 is 0 Å². The minimum Gasteiger partial charge on any atom is -0.386 e. The van der Waals surface area contributed by atoms with Crippen molar-refractivity contribution < 1.29 is 18.4 Å². The molecular weight excluding hydrogens is 314 g/mol. The van der Waals surface area contributed by atoms with Gasteiger partial charge in [0.2, 0.25) is 0 Å². The van der Waals surface area contributed by atoms with Crippen molar-refractivity contribution in [2.45, 2.75) is 0 Å². The fourth-order valence-corrected chi connectivity index (χ4v) is 1.71. The number of nitrogens with one attached hydrogen (secondary N) is 1. The highest BCUT2D eigenvalue weighted by Crippen LogP contribution is 2.18. The molecular formula is C15H11ClF2N2O2. The third-order valence-corrected chi connectivity index (χ3v) is 2.81. The van der Waals surface area contributed by atoms with Crippen molar-refractivity contribution in [2.24, 2.45) is 5.16 Å². The van der Waals surface area contributed by atoms with E-state index < -0.39 is 24.1 Å². The minimum absolute atomic E-state index is 0.0175. The molecule has 7 heteroatoms. The quantitative estimate of drug-likeness (QED) is 0.674. The van der Waals surface area contributed by atoms with E-state index in [2.05, 4.69) is 10.5 Å². The van der Waals surface area contributed by atoms with Gasteiger partial charge in [-0.2, -0.15) is 0 Å². The lowest BCUT2D eigenvalue weighted by Crippen LogP contribution is -2.17. The Labute approximate surface area is 130 Å². The van der Waals surface area contributed by atoms with Crippen LogP contribution in [0.1, 0.15) is 5.56 Å². The number of carbonyl (C=O) groups is 1. The molecule has 0 saturated heterocycles. The van der Waals surface area contributed by atoms with Crippen molar-refractivity contribution in [3.63, 3.8) is 0 Å². The fourth-order valence-electron chi connectivity index (χ4n) is 1.55. The first-order valence-corrected chi connectivity index (χ1v) is 6.59. The van der Waals surface area contributed by atoms with Gasteiger partial charge in [0.05, 0.1) is 11.9 Å². The fraction of sp³-hybridized carbons (Fsp3) is 0.0667. The van der Waals surface area contributed by atoms with Gasteiger partial charge < -0.3 is 10.2 Å². The Balaban J connectivity index is 1.84. The number of oxime groups is 1. The molecule has 0 atom stereocenters. The van der Waals surface area contributed by atoms with E-state index in [4.69, 9.17) is 16.4 Å². The zero-order valence-corrected chi connectivity index (χ0v) is 12.0. The van der Waals surface area contributed by atoms with Crippen molar-refractivity contribution in [2.75, 3.05) is 11.9 Å². The van der Waals surface area contributed by atoms with Crippen molar-refractivity contribution >= 4 is 29.4 Å². The van der Waals surface area contributed by atoms with Crippen LogP contribution < -0.4 is 5.32 Å². The largest absolute Gasteiger partial charge is 0.386 e. The van der Waals surface area contributed by atoms with Gasteiger partial charge in [-0.15, -0.1) is 0 Å². The van der Waals surface area contributed by atoms with E-state index in [9.17, 15) is 13.6 Å². The Morgan fingerprint density at radius 3 is 2.73 bits per heavy atom. The monoisotopic (exact) mass is 324 g/mol. The maximum Gasteiger partial charge on any atom is 0.265 e. The Hall–Kier alpha value is -2.47. The molecule has 114 valence electrons. The lowest BCUT2D eigenvalue weighted by atomic mass is 10.2.